The first-order valence-corrected chi connectivity index (χ1v) is 15.3. The second-order valence-corrected chi connectivity index (χ2v) is 13.0. The van der Waals surface area contributed by atoms with Gasteiger partial charge in [-0.1, -0.05) is 96.3 Å². The third kappa shape index (κ3) is 7.58. The molecule has 8 heteroatoms. The molecule has 2 aromatic carbocycles. The number of carbonyl (C=O) groups is 4. The van der Waals surface area contributed by atoms with Crippen molar-refractivity contribution in [2.24, 2.45) is 11.3 Å². The van der Waals surface area contributed by atoms with Crippen LogP contribution in [0.1, 0.15) is 72.3 Å². The number of fused-ring (bicyclic) bond motifs is 1. The average Bonchev–Trinajstić information content (AvgIpc) is 3.07. The Hall–Kier alpha value is -3.68. The minimum absolute atomic E-state index is 0.0644. The molecule has 0 radical (unpaired) electrons. The van der Waals surface area contributed by atoms with E-state index in [-0.39, 0.29) is 42.5 Å². The summed E-state index contributed by atoms with van der Waals surface area (Å²) in [4.78, 5) is 57.8. The number of benzene rings is 2. The van der Waals surface area contributed by atoms with Gasteiger partial charge in [-0.3, -0.25) is 14.4 Å². The first-order chi connectivity index (χ1) is 20.0. The highest BCUT2D eigenvalue weighted by atomic mass is 16.2. The number of anilines is 2. The fourth-order valence-electron chi connectivity index (χ4n) is 5.84. The number of nitrogens with one attached hydrogen (secondary N) is 2. The summed E-state index contributed by atoms with van der Waals surface area (Å²) in [6.07, 6.45) is 5.78. The van der Waals surface area contributed by atoms with Crippen molar-refractivity contribution in [3.8, 4) is 0 Å². The van der Waals surface area contributed by atoms with Gasteiger partial charge in [0.25, 0.3) is 5.91 Å². The zero-order valence-corrected chi connectivity index (χ0v) is 25.7. The normalized spacial score (nSPS) is 18.7. The van der Waals surface area contributed by atoms with Crippen LogP contribution in [-0.4, -0.2) is 54.7 Å². The van der Waals surface area contributed by atoms with Crippen LogP contribution in [0.5, 0.6) is 0 Å². The van der Waals surface area contributed by atoms with Gasteiger partial charge in [-0.15, -0.1) is 0 Å². The van der Waals surface area contributed by atoms with E-state index in [0.717, 1.165) is 36.9 Å². The van der Waals surface area contributed by atoms with Crippen molar-refractivity contribution in [1.82, 2.24) is 10.6 Å². The van der Waals surface area contributed by atoms with Gasteiger partial charge in [0, 0.05) is 23.9 Å². The molecule has 226 valence electrons. The molecule has 4 rings (SSSR count). The Bertz CT molecular complexity index is 1260. The van der Waals surface area contributed by atoms with Crippen molar-refractivity contribution in [1.29, 1.82) is 0 Å². The molecule has 1 aliphatic carbocycles. The van der Waals surface area contributed by atoms with Crippen LogP contribution in [0.15, 0.2) is 54.6 Å². The Morgan fingerprint density at radius 2 is 1.52 bits per heavy atom. The second-order valence-electron chi connectivity index (χ2n) is 13.0. The summed E-state index contributed by atoms with van der Waals surface area (Å²) in [5.41, 5.74) is 1.90. The zero-order valence-electron chi connectivity index (χ0n) is 25.7. The van der Waals surface area contributed by atoms with Crippen LogP contribution in [0.25, 0.3) is 0 Å². The highest BCUT2D eigenvalue weighted by Crippen LogP contribution is 2.37. The van der Waals surface area contributed by atoms with E-state index < -0.39 is 23.5 Å². The molecule has 2 atom stereocenters. The number of rotatable bonds is 9. The Morgan fingerprint density at radius 1 is 0.905 bits per heavy atom. The standard InChI is InChI=1S/C34H46N4O4/c1-23(2)31(40)26(20-24-14-8-6-9-15-24)35-33(42)36-27-21-37(25-16-10-7-11-17-25)28-18-12-13-19-29(28)38(32(27)41)22-30(39)34(3,4)5/h6,8-9,12-15,18-19,23,25-27H,7,10-11,16-17,20-22H2,1-5H3,(H2,35,36,42)/t26?,27-/m1/s1. The van der Waals surface area contributed by atoms with Crippen molar-refractivity contribution in [2.75, 3.05) is 22.9 Å². The lowest BCUT2D eigenvalue weighted by Gasteiger charge is -2.37. The van der Waals surface area contributed by atoms with E-state index in [0.29, 0.717) is 12.1 Å². The van der Waals surface area contributed by atoms with Crippen LogP contribution in [-0.2, 0) is 20.8 Å². The number of hydrogen-bond donors (Lipinski definition) is 2. The van der Waals surface area contributed by atoms with Crippen LogP contribution < -0.4 is 20.4 Å². The Kier molecular flexibility index (Phi) is 10.1. The summed E-state index contributed by atoms with van der Waals surface area (Å²) in [5.74, 6) is -0.739. The minimum atomic E-state index is -0.904. The molecular formula is C34H46N4O4. The SMILES string of the molecule is CC(C)C(=O)C(Cc1ccccc1)NC(=O)N[C@@H]1CN(C2CCCCC2)c2ccccc2N(CC(=O)C(C)(C)C)C1=O. The summed E-state index contributed by atoms with van der Waals surface area (Å²) in [6.45, 7) is 9.38. The van der Waals surface area contributed by atoms with Gasteiger partial charge in [0.2, 0.25) is 0 Å². The van der Waals surface area contributed by atoms with Gasteiger partial charge in [0.1, 0.15) is 6.04 Å². The number of para-hydroxylation sites is 2. The van der Waals surface area contributed by atoms with Crippen LogP contribution in [0.4, 0.5) is 16.2 Å². The first-order valence-electron chi connectivity index (χ1n) is 15.3. The van der Waals surface area contributed by atoms with E-state index in [1.165, 1.54) is 11.3 Å². The second kappa shape index (κ2) is 13.5. The van der Waals surface area contributed by atoms with Crippen LogP contribution >= 0.6 is 0 Å². The van der Waals surface area contributed by atoms with Crippen molar-refractivity contribution in [2.45, 2.75) is 91.3 Å². The molecule has 8 nitrogen and oxygen atoms in total. The molecule has 3 amide bonds. The highest BCUT2D eigenvalue weighted by molar-refractivity contribution is 6.07. The van der Waals surface area contributed by atoms with Crippen LogP contribution in [0, 0.1) is 11.3 Å². The molecule has 0 spiro atoms. The maximum absolute atomic E-state index is 14.2. The lowest BCUT2D eigenvalue weighted by Crippen LogP contribution is -2.58. The summed E-state index contributed by atoms with van der Waals surface area (Å²) in [6, 6.07) is 15.3. The number of urea groups is 1. The molecular weight excluding hydrogens is 528 g/mol. The fourth-order valence-corrected chi connectivity index (χ4v) is 5.84. The van der Waals surface area contributed by atoms with Crippen molar-refractivity contribution < 1.29 is 19.2 Å². The summed E-state index contributed by atoms with van der Waals surface area (Å²) >= 11 is 0. The summed E-state index contributed by atoms with van der Waals surface area (Å²) < 4.78 is 0. The maximum Gasteiger partial charge on any atom is 0.316 e. The van der Waals surface area contributed by atoms with E-state index in [1.54, 1.807) is 0 Å². The third-order valence-corrected chi connectivity index (χ3v) is 8.38. The largest absolute Gasteiger partial charge is 0.364 e. The number of nitrogens with zero attached hydrogens (tertiary/aromatic N) is 2. The van der Waals surface area contributed by atoms with E-state index in [4.69, 9.17) is 0 Å². The molecule has 1 aliphatic heterocycles. The van der Waals surface area contributed by atoms with E-state index >= 15 is 0 Å². The number of ketones is 2. The van der Waals surface area contributed by atoms with Gasteiger partial charge in [0.05, 0.1) is 24.0 Å². The molecule has 2 N–H and O–H groups in total. The smallest absolute Gasteiger partial charge is 0.316 e. The number of hydrogen-bond acceptors (Lipinski definition) is 5. The molecule has 0 aromatic heterocycles. The number of amides is 3. The van der Waals surface area contributed by atoms with E-state index in [2.05, 4.69) is 15.5 Å². The van der Waals surface area contributed by atoms with Gasteiger partial charge < -0.3 is 20.4 Å². The molecule has 2 aliphatic rings. The maximum atomic E-state index is 14.2. The monoisotopic (exact) mass is 574 g/mol. The molecule has 1 fully saturated rings. The summed E-state index contributed by atoms with van der Waals surface area (Å²) in [5, 5.41) is 5.79. The molecule has 42 heavy (non-hydrogen) atoms. The zero-order chi connectivity index (χ0) is 30.4. The highest BCUT2D eigenvalue weighted by Gasteiger charge is 2.39. The van der Waals surface area contributed by atoms with E-state index in [9.17, 15) is 19.2 Å². The molecule has 1 heterocycles. The molecule has 2 aromatic rings. The molecule has 1 unspecified atom stereocenters. The van der Waals surface area contributed by atoms with Gasteiger partial charge in [-0.25, -0.2) is 4.79 Å². The van der Waals surface area contributed by atoms with Gasteiger partial charge >= 0.3 is 6.03 Å². The lowest BCUT2D eigenvalue weighted by molar-refractivity contribution is -0.127. The van der Waals surface area contributed by atoms with Gasteiger partial charge in [0.15, 0.2) is 11.6 Å². The van der Waals surface area contributed by atoms with Gasteiger partial charge in [-0.05, 0) is 37.0 Å². The molecule has 0 saturated heterocycles. The Labute approximate surface area is 250 Å². The molecule has 0 bridgehead atoms. The van der Waals surface area contributed by atoms with Crippen molar-refractivity contribution in [3.63, 3.8) is 0 Å². The fraction of sp³-hybridized carbons (Fsp3) is 0.529. The van der Waals surface area contributed by atoms with Crippen LogP contribution in [0.3, 0.4) is 0 Å². The average molecular weight is 575 g/mol. The Balaban J connectivity index is 1.63. The van der Waals surface area contributed by atoms with E-state index in [1.807, 2.05) is 89.2 Å². The minimum Gasteiger partial charge on any atom is -0.364 e. The van der Waals surface area contributed by atoms with Gasteiger partial charge in [-0.2, -0.15) is 0 Å². The summed E-state index contributed by atoms with van der Waals surface area (Å²) in [7, 11) is 0. The van der Waals surface area contributed by atoms with Crippen molar-refractivity contribution in [3.05, 3.63) is 60.2 Å². The number of carbonyl (C=O) groups excluding carboxylic acids is 4. The van der Waals surface area contributed by atoms with Crippen LogP contribution in [0.2, 0.25) is 0 Å². The topological polar surface area (TPSA) is 98.8 Å². The third-order valence-electron chi connectivity index (χ3n) is 8.38. The first kappa shape index (κ1) is 31.3. The molecule has 1 saturated carbocycles. The van der Waals surface area contributed by atoms with Crippen molar-refractivity contribution >= 4 is 34.9 Å². The predicted molar refractivity (Wildman–Crippen MR) is 167 cm³/mol. The predicted octanol–water partition coefficient (Wildman–Crippen LogP) is 5.29. The Morgan fingerprint density at radius 3 is 2.14 bits per heavy atom. The lowest BCUT2D eigenvalue weighted by atomic mass is 9.90. The number of Topliss-reactive ketones (excluding diaryl/α,β-unsaturated/α-hetero) is 2. The quantitative estimate of drug-likeness (QED) is 0.424.